The molecule has 4 rings (SSSR count). The predicted molar refractivity (Wildman–Crippen MR) is 115 cm³/mol. The Labute approximate surface area is 176 Å². The summed E-state index contributed by atoms with van der Waals surface area (Å²) in [7, 11) is 0. The maximum absolute atomic E-state index is 13.4. The van der Waals surface area contributed by atoms with Gasteiger partial charge in [0.15, 0.2) is 0 Å². The molecule has 3 aromatic carbocycles. The van der Waals surface area contributed by atoms with Crippen molar-refractivity contribution in [1.82, 2.24) is 10.2 Å². The first-order valence-electron chi connectivity index (χ1n) is 10.1. The van der Waals surface area contributed by atoms with Gasteiger partial charge in [0.05, 0.1) is 12.6 Å². The molecule has 2 amide bonds. The van der Waals surface area contributed by atoms with Crippen molar-refractivity contribution in [3.63, 3.8) is 0 Å². The van der Waals surface area contributed by atoms with E-state index in [1.54, 1.807) is 11.0 Å². The predicted octanol–water partition coefficient (Wildman–Crippen LogP) is 3.10. The van der Waals surface area contributed by atoms with Crippen LogP contribution in [-0.4, -0.2) is 34.5 Å². The Kier molecular flexibility index (Phi) is 5.91. The van der Waals surface area contributed by atoms with Gasteiger partial charge in [-0.25, -0.2) is 0 Å². The maximum Gasteiger partial charge on any atom is 0.255 e. The van der Waals surface area contributed by atoms with Crippen LogP contribution >= 0.6 is 0 Å². The van der Waals surface area contributed by atoms with E-state index in [9.17, 15) is 14.7 Å². The molecule has 1 aliphatic rings. The van der Waals surface area contributed by atoms with E-state index in [-0.39, 0.29) is 18.4 Å². The molecule has 0 unspecified atom stereocenters. The van der Waals surface area contributed by atoms with E-state index in [0.717, 1.165) is 16.7 Å². The normalized spacial score (nSPS) is 14.8. The highest BCUT2D eigenvalue weighted by Crippen LogP contribution is 2.31. The minimum absolute atomic E-state index is 0.154. The number of amides is 2. The number of benzene rings is 3. The third-order valence-corrected chi connectivity index (χ3v) is 5.42. The fourth-order valence-electron chi connectivity index (χ4n) is 3.93. The largest absolute Gasteiger partial charge is 0.394 e. The molecular weight excluding hydrogens is 376 g/mol. The molecule has 0 aliphatic carbocycles. The van der Waals surface area contributed by atoms with Crippen LogP contribution in [0.4, 0.5) is 0 Å². The summed E-state index contributed by atoms with van der Waals surface area (Å²) in [5, 5.41) is 12.8. The molecule has 5 nitrogen and oxygen atoms in total. The average Bonchev–Trinajstić information content (AvgIpc) is 3.11. The van der Waals surface area contributed by atoms with Gasteiger partial charge in [0.1, 0.15) is 6.04 Å². The van der Waals surface area contributed by atoms with E-state index in [1.807, 2.05) is 78.9 Å². The van der Waals surface area contributed by atoms with E-state index in [0.29, 0.717) is 18.5 Å². The zero-order chi connectivity index (χ0) is 20.9. The molecule has 0 fully saturated rings. The highest BCUT2D eigenvalue weighted by Gasteiger charge is 2.37. The molecule has 1 aliphatic heterocycles. The number of rotatable bonds is 7. The smallest absolute Gasteiger partial charge is 0.255 e. The van der Waals surface area contributed by atoms with Gasteiger partial charge in [0.2, 0.25) is 5.91 Å². The molecular formula is C25H24N2O3. The topological polar surface area (TPSA) is 69.6 Å². The Morgan fingerprint density at radius 1 is 0.933 bits per heavy atom. The third-order valence-electron chi connectivity index (χ3n) is 5.42. The molecule has 2 N–H and O–H groups in total. The molecule has 152 valence electrons. The molecule has 30 heavy (non-hydrogen) atoms. The van der Waals surface area contributed by atoms with Gasteiger partial charge in [-0.15, -0.1) is 0 Å². The Morgan fingerprint density at radius 2 is 1.57 bits per heavy atom. The lowest BCUT2D eigenvalue weighted by molar-refractivity contribution is -0.127. The van der Waals surface area contributed by atoms with Crippen LogP contribution in [0.15, 0.2) is 84.9 Å². The lowest BCUT2D eigenvalue weighted by atomic mass is 10.0. The van der Waals surface area contributed by atoms with Gasteiger partial charge in [-0.1, -0.05) is 78.9 Å². The van der Waals surface area contributed by atoms with E-state index in [4.69, 9.17) is 0 Å². The van der Waals surface area contributed by atoms with Crippen LogP contribution in [0.5, 0.6) is 0 Å². The Morgan fingerprint density at radius 3 is 2.23 bits per heavy atom. The monoisotopic (exact) mass is 400 g/mol. The average molecular weight is 400 g/mol. The van der Waals surface area contributed by atoms with Crippen LogP contribution in [0, 0.1) is 0 Å². The first-order valence-corrected chi connectivity index (χ1v) is 10.1. The van der Waals surface area contributed by atoms with Gasteiger partial charge in [-0.2, -0.15) is 0 Å². The summed E-state index contributed by atoms with van der Waals surface area (Å²) in [5.74, 6) is -0.449. The minimum atomic E-state index is -0.768. The Balaban J connectivity index is 1.59. The van der Waals surface area contributed by atoms with Gasteiger partial charge in [-0.3, -0.25) is 9.59 Å². The molecule has 0 radical (unpaired) electrons. The van der Waals surface area contributed by atoms with E-state index < -0.39 is 12.1 Å². The molecule has 1 heterocycles. The zero-order valence-electron chi connectivity index (χ0n) is 16.6. The first-order chi connectivity index (χ1) is 14.7. The summed E-state index contributed by atoms with van der Waals surface area (Å²) >= 11 is 0. The number of aliphatic hydroxyl groups excluding tert-OH is 1. The minimum Gasteiger partial charge on any atom is -0.394 e. The molecule has 0 saturated heterocycles. The SMILES string of the molecule is O=C(N[C@@H](CO)Cc1ccccc1)[C@@H](c1ccccc1)N1Cc2ccccc2C1=O. The second-order valence-corrected chi connectivity index (χ2v) is 7.48. The summed E-state index contributed by atoms with van der Waals surface area (Å²) in [6, 6.07) is 25.2. The van der Waals surface area contributed by atoms with Crippen molar-refractivity contribution >= 4 is 11.8 Å². The van der Waals surface area contributed by atoms with Crippen LogP contribution in [0.2, 0.25) is 0 Å². The summed E-state index contributed by atoms with van der Waals surface area (Å²) < 4.78 is 0. The summed E-state index contributed by atoms with van der Waals surface area (Å²) in [6.07, 6.45) is 0.513. The standard InChI is InChI=1S/C25H24N2O3/c28-17-21(15-18-9-3-1-4-10-18)26-24(29)23(19-11-5-2-6-12-19)27-16-20-13-7-8-14-22(20)25(27)30/h1-14,21,23,28H,15-17H2,(H,26,29)/t21-,23-/m1/s1. The summed E-state index contributed by atoms with van der Waals surface area (Å²) in [5.41, 5.74) is 3.32. The van der Waals surface area contributed by atoms with Gasteiger partial charge in [0, 0.05) is 12.1 Å². The second kappa shape index (κ2) is 8.93. The van der Waals surface area contributed by atoms with Crippen LogP contribution < -0.4 is 5.32 Å². The number of nitrogens with zero attached hydrogens (tertiary/aromatic N) is 1. The van der Waals surface area contributed by atoms with E-state index >= 15 is 0 Å². The molecule has 0 bridgehead atoms. The van der Waals surface area contributed by atoms with Crippen molar-refractivity contribution in [3.8, 4) is 0 Å². The van der Waals surface area contributed by atoms with Crippen molar-refractivity contribution in [1.29, 1.82) is 0 Å². The van der Waals surface area contributed by atoms with Crippen molar-refractivity contribution in [2.45, 2.75) is 25.0 Å². The molecule has 0 saturated carbocycles. The lowest BCUT2D eigenvalue weighted by Gasteiger charge is -2.29. The fraction of sp³-hybridized carbons (Fsp3) is 0.200. The van der Waals surface area contributed by atoms with Crippen molar-refractivity contribution in [3.05, 3.63) is 107 Å². The highest BCUT2D eigenvalue weighted by molar-refractivity contribution is 6.01. The van der Waals surface area contributed by atoms with Gasteiger partial charge in [-0.05, 0) is 29.2 Å². The van der Waals surface area contributed by atoms with Crippen LogP contribution in [0.1, 0.15) is 33.1 Å². The van der Waals surface area contributed by atoms with Crippen molar-refractivity contribution in [2.24, 2.45) is 0 Å². The lowest BCUT2D eigenvalue weighted by Crippen LogP contribution is -2.46. The highest BCUT2D eigenvalue weighted by atomic mass is 16.3. The van der Waals surface area contributed by atoms with Crippen LogP contribution in [-0.2, 0) is 17.8 Å². The van der Waals surface area contributed by atoms with Gasteiger partial charge >= 0.3 is 0 Å². The quantitative estimate of drug-likeness (QED) is 0.640. The third kappa shape index (κ3) is 4.11. The molecule has 5 heteroatoms. The Bertz CT molecular complexity index is 1020. The zero-order valence-corrected chi connectivity index (χ0v) is 16.6. The van der Waals surface area contributed by atoms with Crippen molar-refractivity contribution in [2.75, 3.05) is 6.61 Å². The number of hydrogen-bond donors (Lipinski definition) is 2. The van der Waals surface area contributed by atoms with Crippen LogP contribution in [0.3, 0.4) is 0 Å². The number of carbonyl (C=O) groups excluding carboxylic acids is 2. The van der Waals surface area contributed by atoms with Gasteiger partial charge < -0.3 is 15.3 Å². The number of nitrogens with one attached hydrogen (secondary N) is 1. The molecule has 0 aromatic heterocycles. The summed E-state index contributed by atoms with van der Waals surface area (Å²) in [6.45, 7) is 0.195. The Hall–Kier alpha value is -3.44. The number of hydrogen-bond acceptors (Lipinski definition) is 3. The first kappa shape index (κ1) is 19.9. The van der Waals surface area contributed by atoms with E-state index in [2.05, 4.69) is 5.32 Å². The van der Waals surface area contributed by atoms with Gasteiger partial charge in [0.25, 0.3) is 5.91 Å². The van der Waals surface area contributed by atoms with E-state index in [1.165, 1.54) is 0 Å². The number of carbonyl (C=O) groups is 2. The maximum atomic E-state index is 13.4. The molecule has 0 spiro atoms. The number of aliphatic hydroxyl groups is 1. The molecule has 2 atom stereocenters. The van der Waals surface area contributed by atoms with Crippen LogP contribution in [0.25, 0.3) is 0 Å². The summed E-state index contributed by atoms with van der Waals surface area (Å²) in [4.78, 5) is 28.0. The molecule has 3 aromatic rings. The van der Waals surface area contributed by atoms with Crippen molar-refractivity contribution < 1.29 is 14.7 Å². The fourth-order valence-corrected chi connectivity index (χ4v) is 3.93. The number of fused-ring (bicyclic) bond motifs is 1. The second-order valence-electron chi connectivity index (χ2n) is 7.48.